The number of aromatic nitrogens is 1. The molecule has 0 aliphatic rings. The highest BCUT2D eigenvalue weighted by Gasteiger charge is 2.08. The molecule has 0 radical (unpaired) electrons. The molecule has 23 heavy (non-hydrogen) atoms. The van der Waals surface area contributed by atoms with Gasteiger partial charge in [-0.05, 0) is 49.2 Å². The molecule has 5 nitrogen and oxygen atoms in total. The SMILES string of the molecule is Cc1ccc(Nc2nc(-c3ccc([N+](=O)[O-])cc3)cs2)cc1C. The molecular weight excluding hydrogens is 310 g/mol. The van der Waals surface area contributed by atoms with Gasteiger partial charge in [0.15, 0.2) is 5.13 Å². The van der Waals surface area contributed by atoms with Crippen molar-refractivity contribution in [2.24, 2.45) is 0 Å². The maximum Gasteiger partial charge on any atom is 0.269 e. The van der Waals surface area contributed by atoms with Crippen molar-refractivity contribution in [3.8, 4) is 11.3 Å². The van der Waals surface area contributed by atoms with Crippen molar-refractivity contribution in [1.29, 1.82) is 0 Å². The van der Waals surface area contributed by atoms with Gasteiger partial charge in [0, 0.05) is 28.8 Å². The molecule has 0 atom stereocenters. The topological polar surface area (TPSA) is 68.1 Å². The number of hydrogen-bond acceptors (Lipinski definition) is 5. The number of thiazole rings is 1. The third-order valence-electron chi connectivity index (χ3n) is 3.64. The predicted octanol–water partition coefficient (Wildman–Crippen LogP) is 5.08. The molecule has 0 unspecified atom stereocenters. The maximum atomic E-state index is 10.7. The lowest BCUT2D eigenvalue weighted by atomic mass is 10.1. The number of nitrogens with zero attached hydrogens (tertiary/aromatic N) is 2. The Morgan fingerprint density at radius 1 is 1.09 bits per heavy atom. The van der Waals surface area contributed by atoms with Crippen LogP contribution in [0, 0.1) is 24.0 Å². The summed E-state index contributed by atoms with van der Waals surface area (Å²) in [6.07, 6.45) is 0. The van der Waals surface area contributed by atoms with Gasteiger partial charge < -0.3 is 5.32 Å². The molecule has 116 valence electrons. The van der Waals surface area contributed by atoms with E-state index in [9.17, 15) is 10.1 Å². The van der Waals surface area contributed by atoms with Gasteiger partial charge in [0.25, 0.3) is 5.69 Å². The highest BCUT2D eigenvalue weighted by atomic mass is 32.1. The highest BCUT2D eigenvalue weighted by Crippen LogP contribution is 2.28. The monoisotopic (exact) mass is 325 g/mol. The summed E-state index contributed by atoms with van der Waals surface area (Å²) in [7, 11) is 0. The minimum absolute atomic E-state index is 0.0810. The van der Waals surface area contributed by atoms with Gasteiger partial charge in [-0.25, -0.2) is 4.98 Å². The summed E-state index contributed by atoms with van der Waals surface area (Å²) >= 11 is 1.50. The number of benzene rings is 2. The first kappa shape index (κ1) is 15.2. The molecule has 3 aromatic rings. The van der Waals surface area contributed by atoms with Crippen LogP contribution >= 0.6 is 11.3 Å². The molecule has 0 bridgehead atoms. The van der Waals surface area contributed by atoms with E-state index in [1.54, 1.807) is 12.1 Å². The summed E-state index contributed by atoms with van der Waals surface area (Å²) in [5.74, 6) is 0. The van der Waals surface area contributed by atoms with Crippen LogP contribution in [0.1, 0.15) is 11.1 Å². The average molecular weight is 325 g/mol. The summed E-state index contributed by atoms with van der Waals surface area (Å²) < 4.78 is 0. The zero-order valence-electron chi connectivity index (χ0n) is 12.7. The summed E-state index contributed by atoms with van der Waals surface area (Å²) in [6, 6.07) is 12.6. The van der Waals surface area contributed by atoms with Crippen LogP contribution in [0.15, 0.2) is 47.8 Å². The minimum atomic E-state index is -0.405. The summed E-state index contributed by atoms with van der Waals surface area (Å²) in [5, 5.41) is 16.7. The van der Waals surface area contributed by atoms with E-state index in [2.05, 4.69) is 36.3 Å². The van der Waals surface area contributed by atoms with Gasteiger partial charge in [-0.3, -0.25) is 10.1 Å². The number of nitro benzene ring substituents is 1. The number of nitrogens with one attached hydrogen (secondary N) is 1. The van der Waals surface area contributed by atoms with Crippen molar-refractivity contribution in [2.75, 3.05) is 5.32 Å². The van der Waals surface area contributed by atoms with Gasteiger partial charge in [0.2, 0.25) is 0 Å². The summed E-state index contributed by atoms with van der Waals surface area (Å²) in [5.41, 5.74) is 5.22. The van der Waals surface area contributed by atoms with Crippen LogP contribution in [-0.2, 0) is 0 Å². The van der Waals surface area contributed by atoms with Crippen LogP contribution in [0.25, 0.3) is 11.3 Å². The lowest BCUT2D eigenvalue weighted by molar-refractivity contribution is -0.384. The molecule has 0 spiro atoms. The molecule has 1 heterocycles. The van der Waals surface area contributed by atoms with Gasteiger partial charge >= 0.3 is 0 Å². The van der Waals surface area contributed by atoms with Crippen molar-refractivity contribution in [1.82, 2.24) is 4.98 Å². The first-order chi connectivity index (χ1) is 11.0. The fourth-order valence-electron chi connectivity index (χ4n) is 2.16. The van der Waals surface area contributed by atoms with E-state index in [0.29, 0.717) is 0 Å². The standard InChI is InChI=1S/C17H15N3O2S/c1-11-3-6-14(9-12(11)2)18-17-19-16(10-23-17)13-4-7-15(8-5-13)20(21)22/h3-10H,1-2H3,(H,18,19). The number of nitro groups is 1. The van der Waals surface area contributed by atoms with Crippen LogP contribution in [0.4, 0.5) is 16.5 Å². The van der Waals surface area contributed by atoms with E-state index in [-0.39, 0.29) is 5.69 Å². The van der Waals surface area contributed by atoms with E-state index in [0.717, 1.165) is 22.1 Å². The van der Waals surface area contributed by atoms with Crippen molar-refractivity contribution in [3.05, 3.63) is 69.1 Å². The van der Waals surface area contributed by atoms with Crippen molar-refractivity contribution in [2.45, 2.75) is 13.8 Å². The van der Waals surface area contributed by atoms with E-state index in [1.165, 1.54) is 34.6 Å². The molecule has 0 saturated heterocycles. The van der Waals surface area contributed by atoms with Gasteiger partial charge in [0.1, 0.15) is 0 Å². The van der Waals surface area contributed by atoms with Crippen LogP contribution in [-0.4, -0.2) is 9.91 Å². The largest absolute Gasteiger partial charge is 0.332 e. The molecule has 0 fully saturated rings. The third kappa shape index (κ3) is 3.37. The molecule has 0 aliphatic heterocycles. The van der Waals surface area contributed by atoms with E-state index >= 15 is 0 Å². The molecule has 3 rings (SSSR count). The molecule has 6 heteroatoms. The number of anilines is 2. The van der Waals surface area contributed by atoms with Gasteiger partial charge in [-0.2, -0.15) is 0 Å². The van der Waals surface area contributed by atoms with Crippen molar-refractivity contribution >= 4 is 27.8 Å². The first-order valence-corrected chi connectivity index (χ1v) is 7.95. The first-order valence-electron chi connectivity index (χ1n) is 7.07. The third-order valence-corrected chi connectivity index (χ3v) is 4.39. The molecule has 2 aromatic carbocycles. The Kier molecular flexibility index (Phi) is 4.08. The lowest BCUT2D eigenvalue weighted by Gasteiger charge is -2.05. The average Bonchev–Trinajstić information content (AvgIpc) is 2.99. The Morgan fingerprint density at radius 2 is 1.83 bits per heavy atom. The fraction of sp³-hybridized carbons (Fsp3) is 0.118. The quantitative estimate of drug-likeness (QED) is 0.536. The summed E-state index contributed by atoms with van der Waals surface area (Å²) in [4.78, 5) is 14.8. The molecule has 0 amide bonds. The zero-order valence-corrected chi connectivity index (χ0v) is 13.6. The molecule has 0 aliphatic carbocycles. The smallest absolute Gasteiger partial charge is 0.269 e. The highest BCUT2D eigenvalue weighted by molar-refractivity contribution is 7.14. The van der Waals surface area contributed by atoms with Crippen molar-refractivity contribution in [3.63, 3.8) is 0 Å². The number of aryl methyl sites for hydroxylation is 2. The molecule has 1 N–H and O–H groups in total. The fourth-order valence-corrected chi connectivity index (χ4v) is 2.90. The Balaban J connectivity index is 1.79. The second-order valence-corrected chi connectivity index (χ2v) is 6.12. The van der Waals surface area contributed by atoms with Gasteiger partial charge in [0.05, 0.1) is 10.6 Å². The van der Waals surface area contributed by atoms with Crippen LogP contribution < -0.4 is 5.32 Å². The Bertz CT molecular complexity index is 857. The molecular formula is C17H15N3O2S. The van der Waals surface area contributed by atoms with E-state index in [4.69, 9.17) is 0 Å². The predicted molar refractivity (Wildman–Crippen MR) is 93.4 cm³/mol. The number of hydrogen-bond donors (Lipinski definition) is 1. The van der Waals surface area contributed by atoms with Gasteiger partial charge in [-0.1, -0.05) is 6.07 Å². The summed E-state index contributed by atoms with van der Waals surface area (Å²) in [6.45, 7) is 4.15. The van der Waals surface area contributed by atoms with Crippen LogP contribution in [0.5, 0.6) is 0 Å². The second kappa shape index (κ2) is 6.18. The normalized spacial score (nSPS) is 10.5. The Morgan fingerprint density at radius 3 is 2.48 bits per heavy atom. The van der Waals surface area contributed by atoms with Crippen LogP contribution in [0.3, 0.4) is 0 Å². The molecule has 0 saturated carbocycles. The Hall–Kier alpha value is -2.73. The maximum absolute atomic E-state index is 10.7. The van der Waals surface area contributed by atoms with Crippen LogP contribution in [0.2, 0.25) is 0 Å². The Labute approximate surface area is 137 Å². The number of rotatable bonds is 4. The van der Waals surface area contributed by atoms with E-state index < -0.39 is 4.92 Å². The van der Waals surface area contributed by atoms with E-state index in [1.807, 2.05) is 11.4 Å². The zero-order chi connectivity index (χ0) is 16.4. The van der Waals surface area contributed by atoms with Gasteiger partial charge in [-0.15, -0.1) is 11.3 Å². The number of non-ortho nitro benzene ring substituents is 1. The second-order valence-electron chi connectivity index (χ2n) is 5.27. The minimum Gasteiger partial charge on any atom is -0.332 e. The van der Waals surface area contributed by atoms with Crippen molar-refractivity contribution < 1.29 is 4.92 Å². The molecule has 1 aromatic heterocycles. The lowest BCUT2D eigenvalue weighted by Crippen LogP contribution is -1.91.